The molecule has 4 aromatic rings. The van der Waals surface area contributed by atoms with Crippen LogP contribution in [0.4, 0.5) is 23.2 Å². The lowest BCUT2D eigenvalue weighted by atomic mass is 10.0. The van der Waals surface area contributed by atoms with E-state index in [1.807, 2.05) is 32.0 Å². The minimum Gasteiger partial charge on any atom is -0.382 e. The van der Waals surface area contributed by atoms with Crippen LogP contribution in [0.25, 0.3) is 16.9 Å². The van der Waals surface area contributed by atoms with Gasteiger partial charge in [0.25, 0.3) is 0 Å². The molecule has 0 unspecified atom stereocenters. The summed E-state index contributed by atoms with van der Waals surface area (Å²) in [5.74, 6) is -1.14. The third kappa shape index (κ3) is 4.87. The molecule has 0 spiro atoms. The number of nitrogens with one attached hydrogen (secondary N) is 1. The first kappa shape index (κ1) is 22.4. The van der Waals surface area contributed by atoms with Gasteiger partial charge in [-0.05, 0) is 49.2 Å². The number of hydrogen-bond acceptors (Lipinski definition) is 4. The van der Waals surface area contributed by atoms with Crippen molar-refractivity contribution in [2.24, 2.45) is 0 Å². The molecule has 0 amide bonds. The smallest absolute Gasteiger partial charge is 0.382 e. The lowest BCUT2D eigenvalue weighted by Crippen LogP contribution is -2.16. The zero-order chi connectivity index (χ0) is 23.8. The summed E-state index contributed by atoms with van der Waals surface area (Å²) in [5, 5.41) is 7.13. The molecular formula is C24H20F4N4O. The van der Waals surface area contributed by atoms with Gasteiger partial charge in [-0.3, -0.25) is 4.79 Å². The number of benzene rings is 2. The van der Waals surface area contributed by atoms with Gasteiger partial charge in [-0.25, -0.2) is 13.9 Å². The number of halogens is 4. The Bertz CT molecular complexity index is 1340. The Balaban J connectivity index is 1.83. The molecule has 0 saturated heterocycles. The zero-order valence-corrected chi connectivity index (χ0v) is 17.9. The van der Waals surface area contributed by atoms with Crippen molar-refractivity contribution in [2.75, 3.05) is 11.9 Å². The van der Waals surface area contributed by atoms with Crippen LogP contribution in [0.3, 0.4) is 0 Å². The van der Waals surface area contributed by atoms with Crippen molar-refractivity contribution < 1.29 is 22.4 Å². The number of fused-ring (bicyclic) bond motifs is 1. The average molecular weight is 456 g/mol. The maximum Gasteiger partial charge on any atom is 0.390 e. The minimum absolute atomic E-state index is 0.0503. The molecule has 2 heterocycles. The van der Waals surface area contributed by atoms with Gasteiger partial charge in [-0.1, -0.05) is 24.3 Å². The van der Waals surface area contributed by atoms with Crippen LogP contribution in [-0.4, -0.2) is 33.1 Å². The van der Waals surface area contributed by atoms with Crippen LogP contribution in [0.2, 0.25) is 0 Å². The van der Waals surface area contributed by atoms with Crippen molar-refractivity contribution in [3.63, 3.8) is 0 Å². The van der Waals surface area contributed by atoms with Gasteiger partial charge in [0, 0.05) is 17.7 Å². The van der Waals surface area contributed by atoms with E-state index >= 15 is 0 Å². The number of carbonyl (C=O) groups is 1. The summed E-state index contributed by atoms with van der Waals surface area (Å²) >= 11 is 0. The molecule has 0 saturated carbocycles. The first-order valence-electron chi connectivity index (χ1n) is 10.2. The number of aromatic nitrogens is 3. The van der Waals surface area contributed by atoms with Gasteiger partial charge in [-0.15, -0.1) is 0 Å². The van der Waals surface area contributed by atoms with Crippen LogP contribution in [0.1, 0.15) is 33.6 Å². The van der Waals surface area contributed by atoms with E-state index < -0.39 is 30.7 Å². The third-order valence-corrected chi connectivity index (χ3v) is 5.31. The maximum absolute atomic E-state index is 13.7. The Hall–Kier alpha value is -3.75. The molecule has 0 aliphatic heterocycles. The Morgan fingerprint density at radius 2 is 1.85 bits per heavy atom. The SMILES string of the molecule is Cc1ccc(-c2cnc3c(NCCC(F)(F)F)cc(C(=O)c4cccc(F)c4)nn23)cc1C. The molecule has 170 valence electrons. The zero-order valence-electron chi connectivity index (χ0n) is 17.9. The molecule has 1 N–H and O–H groups in total. The van der Waals surface area contributed by atoms with Crippen molar-refractivity contribution in [3.05, 3.63) is 82.9 Å². The predicted octanol–water partition coefficient (Wildman–Crippen LogP) is 5.75. The molecule has 4 rings (SSSR count). The highest BCUT2D eigenvalue weighted by Gasteiger charge is 2.26. The number of rotatable bonds is 6. The lowest BCUT2D eigenvalue weighted by Gasteiger charge is -2.12. The highest BCUT2D eigenvalue weighted by atomic mass is 19.4. The van der Waals surface area contributed by atoms with Gasteiger partial charge in [0.1, 0.15) is 11.5 Å². The van der Waals surface area contributed by atoms with Crippen LogP contribution in [0, 0.1) is 19.7 Å². The molecule has 0 bridgehead atoms. The number of aryl methyl sites for hydroxylation is 2. The van der Waals surface area contributed by atoms with Crippen molar-refractivity contribution in [1.82, 2.24) is 14.6 Å². The minimum atomic E-state index is -4.34. The molecule has 0 fully saturated rings. The molecule has 5 nitrogen and oxygen atoms in total. The Morgan fingerprint density at radius 1 is 1.06 bits per heavy atom. The molecule has 0 aliphatic rings. The van der Waals surface area contributed by atoms with Crippen molar-refractivity contribution in [3.8, 4) is 11.3 Å². The standard InChI is InChI=1S/C24H20F4N4O/c1-14-6-7-16(10-15(14)2)21-13-30-23-20(29-9-8-24(26,27)28)12-19(31-32(21)23)22(33)17-4-3-5-18(25)11-17/h3-7,10-13,29H,8-9H2,1-2H3. The van der Waals surface area contributed by atoms with Gasteiger partial charge in [0.05, 0.1) is 24.0 Å². The van der Waals surface area contributed by atoms with E-state index in [-0.39, 0.29) is 22.6 Å². The third-order valence-electron chi connectivity index (χ3n) is 5.31. The van der Waals surface area contributed by atoms with Crippen molar-refractivity contribution in [2.45, 2.75) is 26.4 Å². The molecule has 2 aromatic heterocycles. The number of ketones is 1. The van der Waals surface area contributed by atoms with Crippen LogP contribution in [0.15, 0.2) is 54.7 Å². The fourth-order valence-corrected chi connectivity index (χ4v) is 3.42. The quantitative estimate of drug-likeness (QED) is 0.297. The predicted molar refractivity (Wildman–Crippen MR) is 117 cm³/mol. The van der Waals surface area contributed by atoms with Crippen LogP contribution < -0.4 is 5.32 Å². The fourth-order valence-electron chi connectivity index (χ4n) is 3.42. The van der Waals surface area contributed by atoms with E-state index in [0.29, 0.717) is 5.69 Å². The maximum atomic E-state index is 13.7. The van der Waals surface area contributed by atoms with E-state index in [1.165, 1.54) is 28.8 Å². The van der Waals surface area contributed by atoms with Gasteiger partial charge < -0.3 is 5.32 Å². The Kier molecular flexibility index (Phi) is 5.88. The average Bonchev–Trinajstić information content (AvgIpc) is 3.18. The molecular weight excluding hydrogens is 436 g/mol. The van der Waals surface area contributed by atoms with Crippen LogP contribution in [0.5, 0.6) is 0 Å². The van der Waals surface area contributed by atoms with Crippen molar-refractivity contribution >= 4 is 17.1 Å². The second-order valence-electron chi connectivity index (χ2n) is 7.75. The Labute approximate surface area is 187 Å². The summed E-state index contributed by atoms with van der Waals surface area (Å²) in [7, 11) is 0. The summed E-state index contributed by atoms with van der Waals surface area (Å²) in [6.45, 7) is 3.53. The summed E-state index contributed by atoms with van der Waals surface area (Å²) in [4.78, 5) is 17.4. The number of alkyl halides is 3. The molecule has 33 heavy (non-hydrogen) atoms. The molecule has 0 radical (unpaired) electrons. The monoisotopic (exact) mass is 456 g/mol. The second-order valence-corrected chi connectivity index (χ2v) is 7.75. The Morgan fingerprint density at radius 3 is 2.55 bits per heavy atom. The summed E-state index contributed by atoms with van der Waals surface area (Å²) in [5.41, 5.74) is 4.03. The fraction of sp³-hybridized carbons (Fsp3) is 0.208. The van der Waals surface area contributed by atoms with Gasteiger partial charge in [0.15, 0.2) is 5.65 Å². The summed E-state index contributed by atoms with van der Waals surface area (Å²) < 4.78 is 53.1. The number of imidazole rings is 1. The van der Waals surface area contributed by atoms with E-state index in [4.69, 9.17) is 0 Å². The van der Waals surface area contributed by atoms with Crippen LogP contribution in [-0.2, 0) is 0 Å². The molecule has 2 aromatic carbocycles. The number of hydrogen-bond donors (Lipinski definition) is 1. The number of carbonyl (C=O) groups excluding carboxylic acids is 1. The largest absolute Gasteiger partial charge is 0.390 e. The highest BCUT2D eigenvalue weighted by Crippen LogP contribution is 2.27. The molecule has 0 atom stereocenters. The normalized spacial score (nSPS) is 11.7. The first-order valence-corrected chi connectivity index (χ1v) is 10.2. The van der Waals surface area contributed by atoms with Gasteiger partial charge in [0.2, 0.25) is 5.78 Å². The summed E-state index contributed by atoms with van der Waals surface area (Å²) in [6.07, 6.45) is -3.84. The van der Waals surface area contributed by atoms with E-state index in [0.717, 1.165) is 22.8 Å². The first-order chi connectivity index (χ1) is 15.6. The van der Waals surface area contributed by atoms with E-state index in [1.54, 1.807) is 6.20 Å². The highest BCUT2D eigenvalue weighted by molar-refractivity contribution is 6.08. The van der Waals surface area contributed by atoms with E-state index in [2.05, 4.69) is 15.4 Å². The number of nitrogens with zero attached hydrogens (tertiary/aromatic N) is 3. The topological polar surface area (TPSA) is 59.3 Å². The van der Waals surface area contributed by atoms with Gasteiger partial charge in [-0.2, -0.15) is 18.3 Å². The number of anilines is 1. The van der Waals surface area contributed by atoms with Crippen molar-refractivity contribution in [1.29, 1.82) is 0 Å². The lowest BCUT2D eigenvalue weighted by molar-refractivity contribution is -0.131. The molecule has 9 heteroatoms. The van der Waals surface area contributed by atoms with Gasteiger partial charge >= 0.3 is 6.18 Å². The van der Waals surface area contributed by atoms with E-state index in [9.17, 15) is 22.4 Å². The second kappa shape index (κ2) is 8.65. The van der Waals surface area contributed by atoms with Crippen LogP contribution >= 0.6 is 0 Å². The molecule has 0 aliphatic carbocycles. The summed E-state index contributed by atoms with van der Waals surface area (Å²) in [6, 6.07) is 12.3.